The Morgan fingerprint density at radius 2 is 1.88 bits per heavy atom. The minimum absolute atomic E-state index is 0.00848. The summed E-state index contributed by atoms with van der Waals surface area (Å²) in [5.74, 6) is -0.565. The number of benzene rings is 1. The number of aromatic nitrogens is 2. The van der Waals surface area contributed by atoms with Gasteiger partial charge in [-0.25, -0.2) is 4.98 Å². The van der Waals surface area contributed by atoms with Crippen molar-refractivity contribution in [1.82, 2.24) is 15.3 Å². The van der Waals surface area contributed by atoms with E-state index >= 15 is 0 Å². The first-order valence-electron chi connectivity index (χ1n) is 10.3. The average molecular weight is 489 g/mol. The van der Waals surface area contributed by atoms with E-state index in [1.54, 1.807) is 36.4 Å². The number of para-hydroxylation sites is 1. The van der Waals surface area contributed by atoms with Crippen molar-refractivity contribution in [3.63, 3.8) is 0 Å². The van der Waals surface area contributed by atoms with Crippen molar-refractivity contribution < 1.29 is 22.6 Å². The molecule has 1 unspecified atom stereocenters. The molecule has 9 nitrogen and oxygen atoms in total. The number of nitrogens with one attached hydrogen (secondary N) is 2. The van der Waals surface area contributed by atoms with Crippen LogP contribution in [0.15, 0.2) is 54.0 Å². The van der Waals surface area contributed by atoms with Crippen molar-refractivity contribution in [3.8, 4) is 0 Å². The maximum absolute atomic E-state index is 12.7. The molecule has 0 spiro atoms. The van der Waals surface area contributed by atoms with Gasteiger partial charge < -0.3 is 5.32 Å². The second kappa shape index (κ2) is 11.1. The summed E-state index contributed by atoms with van der Waals surface area (Å²) in [6.07, 6.45) is 2.47. The van der Waals surface area contributed by atoms with Gasteiger partial charge in [-0.3, -0.25) is 23.8 Å². The Hall–Kier alpha value is -3.15. The monoisotopic (exact) mass is 488 g/mol. The van der Waals surface area contributed by atoms with Gasteiger partial charge in [-0.1, -0.05) is 31.2 Å². The van der Waals surface area contributed by atoms with Gasteiger partial charge >= 0.3 is 10.3 Å². The van der Waals surface area contributed by atoms with Crippen molar-refractivity contribution in [2.24, 2.45) is 0 Å². The predicted molar refractivity (Wildman–Crippen MR) is 125 cm³/mol. The minimum atomic E-state index is -4.46. The smallest absolute Gasteiger partial charge is 0.347 e. The zero-order valence-electron chi connectivity index (χ0n) is 17.9. The van der Waals surface area contributed by atoms with Gasteiger partial charge in [0.15, 0.2) is 5.78 Å². The third-order valence-corrected chi connectivity index (χ3v) is 6.26. The summed E-state index contributed by atoms with van der Waals surface area (Å²) >= 11 is 1.39. The lowest BCUT2D eigenvalue weighted by Gasteiger charge is -2.19. The van der Waals surface area contributed by atoms with Crippen LogP contribution < -0.4 is 10.0 Å². The molecule has 0 fully saturated rings. The molecule has 1 aromatic carbocycles. The van der Waals surface area contributed by atoms with Gasteiger partial charge in [0.25, 0.3) is 0 Å². The van der Waals surface area contributed by atoms with E-state index in [0.29, 0.717) is 16.3 Å². The van der Waals surface area contributed by atoms with Crippen LogP contribution in [-0.4, -0.2) is 34.6 Å². The standard InChI is InChI=1S/C22H24N4O5S2/c1-2-16-14-32-22(24-16)19(13-15-7-3-4-8-17(15)26-33(29,30)31)25-21(28)11-10-20(27)18-9-5-6-12-23-18/h3-9,12,14,19,26H,2,10-11,13H2,1H3,(H,25,28)(H,29,30,31). The molecule has 0 aliphatic heterocycles. The number of hydrogen-bond acceptors (Lipinski definition) is 7. The van der Waals surface area contributed by atoms with Gasteiger partial charge in [0.2, 0.25) is 5.91 Å². The SMILES string of the molecule is CCc1csc(C(Cc2ccccc2NS(=O)(=O)O)NC(=O)CCC(=O)c2ccccn2)n1. The van der Waals surface area contributed by atoms with E-state index in [0.717, 1.165) is 12.1 Å². The number of anilines is 1. The van der Waals surface area contributed by atoms with Crippen LogP contribution in [0.1, 0.15) is 52.6 Å². The highest BCUT2D eigenvalue weighted by Gasteiger charge is 2.21. The summed E-state index contributed by atoms with van der Waals surface area (Å²) in [4.78, 5) is 33.5. The fraction of sp³-hybridized carbons (Fsp3) is 0.273. The Labute approximate surface area is 196 Å². The van der Waals surface area contributed by atoms with E-state index in [2.05, 4.69) is 20.0 Å². The Balaban J connectivity index is 1.75. The number of nitrogens with zero attached hydrogens (tertiary/aromatic N) is 2. The lowest BCUT2D eigenvalue weighted by molar-refractivity contribution is -0.121. The van der Waals surface area contributed by atoms with Crippen LogP contribution in [0.4, 0.5) is 5.69 Å². The van der Waals surface area contributed by atoms with Crippen LogP contribution in [0.25, 0.3) is 0 Å². The Morgan fingerprint density at radius 3 is 2.55 bits per heavy atom. The first-order valence-corrected chi connectivity index (χ1v) is 12.6. The number of hydrogen-bond donors (Lipinski definition) is 3. The van der Waals surface area contributed by atoms with Gasteiger partial charge in [0.1, 0.15) is 10.7 Å². The van der Waals surface area contributed by atoms with E-state index in [9.17, 15) is 22.6 Å². The number of carbonyl (C=O) groups is 2. The molecule has 174 valence electrons. The lowest BCUT2D eigenvalue weighted by Crippen LogP contribution is -2.30. The van der Waals surface area contributed by atoms with Crippen molar-refractivity contribution in [2.75, 3.05) is 4.72 Å². The minimum Gasteiger partial charge on any atom is -0.347 e. The molecule has 2 heterocycles. The van der Waals surface area contributed by atoms with Crippen LogP contribution in [0.2, 0.25) is 0 Å². The maximum atomic E-state index is 12.7. The molecule has 3 N–H and O–H groups in total. The highest BCUT2D eigenvalue weighted by atomic mass is 32.2. The highest BCUT2D eigenvalue weighted by molar-refractivity contribution is 7.87. The van der Waals surface area contributed by atoms with Crippen molar-refractivity contribution >= 4 is 39.0 Å². The number of amides is 1. The van der Waals surface area contributed by atoms with Gasteiger partial charge in [-0.05, 0) is 30.2 Å². The number of pyridine rings is 1. The Kier molecular flexibility index (Phi) is 8.26. The highest BCUT2D eigenvalue weighted by Crippen LogP contribution is 2.27. The van der Waals surface area contributed by atoms with Crippen LogP contribution in [-0.2, 0) is 27.9 Å². The third kappa shape index (κ3) is 7.45. The second-order valence-corrected chi connectivity index (χ2v) is 9.27. The van der Waals surface area contributed by atoms with Crippen LogP contribution in [0.3, 0.4) is 0 Å². The fourth-order valence-electron chi connectivity index (χ4n) is 3.15. The van der Waals surface area contributed by atoms with Crippen molar-refractivity contribution in [2.45, 2.75) is 38.6 Å². The van der Waals surface area contributed by atoms with Gasteiger partial charge in [-0.2, -0.15) is 8.42 Å². The summed E-state index contributed by atoms with van der Waals surface area (Å²) in [5.41, 5.74) is 1.96. The molecule has 3 aromatic rings. The molecule has 11 heteroatoms. The first kappa shape index (κ1) is 24.5. The summed E-state index contributed by atoms with van der Waals surface area (Å²) in [5, 5.41) is 5.48. The first-order chi connectivity index (χ1) is 15.7. The molecule has 1 amide bonds. The second-order valence-electron chi connectivity index (χ2n) is 7.23. The van der Waals surface area contributed by atoms with E-state index < -0.39 is 16.3 Å². The maximum Gasteiger partial charge on any atom is 0.357 e. The summed E-state index contributed by atoms with van der Waals surface area (Å²) in [7, 11) is -4.46. The van der Waals surface area contributed by atoms with E-state index in [1.807, 2.05) is 12.3 Å². The molecule has 33 heavy (non-hydrogen) atoms. The molecule has 0 saturated carbocycles. The molecule has 0 bridgehead atoms. The average Bonchev–Trinajstić information content (AvgIpc) is 3.27. The van der Waals surface area contributed by atoms with Gasteiger partial charge in [0, 0.05) is 30.8 Å². The zero-order valence-corrected chi connectivity index (χ0v) is 19.5. The number of aryl methyl sites for hydroxylation is 1. The Morgan fingerprint density at radius 1 is 1.12 bits per heavy atom. The topological polar surface area (TPSA) is 138 Å². The number of ketones is 1. The summed E-state index contributed by atoms with van der Waals surface area (Å²) in [6.45, 7) is 1.97. The number of thiazole rings is 1. The molecule has 0 radical (unpaired) electrons. The van der Waals surface area contributed by atoms with Crippen molar-refractivity contribution in [1.29, 1.82) is 0 Å². The van der Waals surface area contributed by atoms with Crippen LogP contribution in [0.5, 0.6) is 0 Å². The molecular weight excluding hydrogens is 464 g/mol. The molecule has 1 atom stereocenters. The quantitative estimate of drug-likeness (QED) is 0.278. The molecule has 0 aliphatic rings. The predicted octanol–water partition coefficient (Wildman–Crippen LogP) is 3.38. The molecule has 0 aliphatic carbocycles. The molecule has 0 saturated heterocycles. The third-order valence-electron chi connectivity index (χ3n) is 4.78. The summed E-state index contributed by atoms with van der Waals surface area (Å²) in [6, 6.07) is 11.1. The zero-order chi connectivity index (χ0) is 23.8. The normalized spacial score (nSPS) is 12.2. The Bertz CT molecular complexity index is 1210. The van der Waals surface area contributed by atoms with E-state index in [1.165, 1.54) is 23.6 Å². The lowest BCUT2D eigenvalue weighted by atomic mass is 10.0. The largest absolute Gasteiger partial charge is 0.357 e. The van der Waals surface area contributed by atoms with Gasteiger partial charge in [0.05, 0.1) is 17.4 Å². The fourth-order valence-corrected chi connectivity index (χ4v) is 4.58. The van der Waals surface area contributed by atoms with Crippen LogP contribution in [0, 0.1) is 0 Å². The molecule has 3 rings (SSSR count). The van der Waals surface area contributed by atoms with Crippen LogP contribution >= 0.6 is 11.3 Å². The van der Waals surface area contributed by atoms with E-state index in [4.69, 9.17) is 0 Å². The molecular formula is C22H24N4O5S2. The number of Topliss-reactive ketones (excluding diaryl/α,β-unsaturated/α-hetero) is 1. The van der Waals surface area contributed by atoms with Crippen molar-refractivity contribution in [3.05, 3.63) is 76.0 Å². The number of carbonyl (C=O) groups excluding carboxylic acids is 2. The number of rotatable bonds is 11. The summed E-state index contributed by atoms with van der Waals surface area (Å²) < 4.78 is 33.9. The van der Waals surface area contributed by atoms with E-state index in [-0.39, 0.29) is 36.6 Å². The molecule has 2 aromatic heterocycles. The van der Waals surface area contributed by atoms with Gasteiger partial charge in [-0.15, -0.1) is 11.3 Å².